The first-order chi connectivity index (χ1) is 29.9. The van der Waals surface area contributed by atoms with Crippen LogP contribution in [0.4, 0.5) is 0 Å². The van der Waals surface area contributed by atoms with Crippen molar-refractivity contribution >= 4 is 59.7 Å². The first kappa shape index (κ1) is 52.8. The van der Waals surface area contributed by atoms with Crippen LogP contribution in [0.25, 0.3) is 0 Å². The highest BCUT2D eigenvalue weighted by atomic mass is 16.8. The SMILES string of the molecule is CC(=O)OC[C@H]1O[C@@H](O[C@H]2[C@@H](OC(C)=O)[C@@H](CO)O[C@@H](O[C@H]3[C@H](OC(C)=O)[C@H](OC(C)=O)[C@@H](OC(C)=O)O[C@@H]3COC(C)=O)[C@@H]2OC(C)=O)[C@H](OC(C)=O)[C@@H](OC(C)=O)[C@H]1OC(C)=O. The van der Waals surface area contributed by atoms with Crippen molar-refractivity contribution in [2.45, 2.75) is 161 Å². The largest absolute Gasteiger partial charge is 0.463 e. The van der Waals surface area contributed by atoms with Crippen molar-refractivity contribution in [1.82, 2.24) is 0 Å². The molecule has 15 atom stereocenters. The molecule has 26 nitrogen and oxygen atoms in total. The molecule has 0 unspecified atom stereocenters. The number of hydrogen-bond donors (Lipinski definition) is 1. The second kappa shape index (κ2) is 23.9. The third-order valence-corrected chi connectivity index (χ3v) is 8.83. The van der Waals surface area contributed by atoms with Gasteiger partial charge in [-0.05, 0) is 0 Å². The molecule has 0 amide bonds. The molecule has 64 heavy (non-hydrogen) atoms. The van der Waals surface area contributed by atoms with Gasteiger partial charge in [0.1, 0.15) is 43.7 Å². The molecule has 3 aliphatic heterocycles. The van der Waals surface area contributed by atoms with Crippen LogP contribution in [0.3, 0.4) is 0 Å². The van der Waals surface area contributed by atoms with E-state index in [1.807, 2.05) is 0 Å². The van der Waals surface area contributed by atoms with Crippen LogP contribution in [0.5, 0.6) is 0 Å². The third kappa shape index (κ3) is 15.3. The molecule has 0 aromatic carbocycles. The van der Waals surface area contributed by atoms with Gasteiger partial charge in [-0.15, -0.1) is 0 Å². The fourth-order valence-electron chi connectivity index (χ4n) is 6.83. The summed E-state index contributed by atoms with van der Waals surface area (Å²) < 4.78 is 84.6. The summed E-state index contributed by atoms with van der Waals surface area (Å²) >= 11 is 0. The number of ether oxygens (including phenoxy) is 15. The summed E-state index contributed by atoms with van der Waals surface area (Å²) in [6.07, 6.45) is -27.3. The van der Waals surface area contributed by atoms with Crippen LogP contribution in [-0.2, 0) is 119 Å². The Hall–Kier alpha value is -5.54. The Morgan fingerprint density at radius 3 is 1.00 bits per heavy atom. The van der Waals surface area contributed by atoms with Crippen LogP contribution in [-0.4, -0.2) is 177 Å². The Morgan fingerprint density at radius 1 is 0.328 bits per heavy atom. The average Bonchev–Trinajstić information content (AvgIpc) is 3.15. The lowest BCUT2D eigenvalue weighted by Gasteiger charge is -2.50. The van der Waals surface area contributed by atoms with E-state index in [1.54, 1.807) is 0 Å². The lowest BCUT2D eigenvalue weighted by Crippen LogP contribution is -2.69. The Kier molecular flexibility index (Phi) is 19.8. The van der Waals surface area contributed by atoms with Crippen LogP contribution in [0, 0.1) is 0 Å². The number of hydrogen-bond acceptors (Lipinski definition) is 26. The van der Waals surface area contributed by atoms with E-state index < -0.39 is 172 Å². The van der Waals surface area contributed by atoms with Crippen LogP contribution in [0.15, 0.2) is 0 Å². The molecular weight excluding hydrogens is 872 g/mol. The van der Waals surface area contributed by atoms with Crippen molar-refractivity contribution in [2.75, 3.05) is 19.8 Å². The molecular formula is C38H52O26. The van der Waals surface area contributed by atoms with Crippen molar-refractivity contribution < 1.29 is 124 Å². The number of esters is 10. The number of aliphatic hydroxyl groups excluding tert-OH is 1. The molecule has 26 heteroatoms. The maximum Gasteiger partial charge on any atom is 0.305 e. The molecule has 360 valence electrons. The minimum absolute atomic E-state index is 0.696. The zero-order valence-corrected chi connectivity index (χ0v) is 36.4. The zero-order chi connectivity index (χ0) is 48.2. The van der Waals surface area contributed by atoms with E-state index in [2.05, 4.69) is 0 Å². The van der Waals surface area contributed by atoms with E-state index in [0.29, 0.717) is 0 Å². The molecule has 3 saturated heterocycles. The molecule has 0 aromatic rings. The summed E-state index contributed by atoms with van der Waals surface area (Å²) in [6.45, 7) is 7.34. The van der Waals surface area contributed by atoms with Crippen molar-refractivity contribution in [2.24, 2.45) is 0 Å². The molecule has 3 heterocycles. The number of aliphatic hydroxyl groups is 1. The van der Waals surface area contributed by atoms with E-state index in [-0.39, 0.29) is 0 Å². The lowest BCUT2D eigenvalue weighted by molar-refractivity contribution is -0.379. The van der Waals surface area contributed by atoms with Crippen LogP contribution < -0.4 is 0 Å². The zero-order valence-electron chi connectivity index (χ0n) is 36.4. The van der Waals surface area contributed by atoms with E-state index in [0.717, 1.165) is 69.2 Å². The summed E-state index contributed by atoms with van der Waals surface area (Å²) in [7, 11) is 0. The summed E-state index contributed by atoms with van der Waals surface area (Å²) in [4.78, 5) is 124. The van der Waals surface area contributed by atoms with Gasteiger partial charge in [-0.1, -0.05) is 0 Å². The molecule has 0 aliphatic carbocycles. The van der Waals surface area contributed by atoms with Crippen molar-refractivity contribution in [1.29, 1.82) is 0 Å². The highest BCUT2D eigenvalue weighted by Gasteiger charge is 2.60. The molecule has 0 aromatic heterocycles. The predicted octanol–water partition coefficient (Wildman–Crippen LogP) is -1.86. The van der Waals surface area contributed by atoms with Gasteiger partial charge < -0.3 is 76.2 Å². The number of carbonyl (C=O) groups excluding carboxylic acids is 10. The monoisotopic (exact) mass is 924 g/mol. The Morgan fingerprint density at radius 2 is 0.609 bits per heavy atom. The van der Waals surface area contributed by atoms with Gasteiger partial charge in [-0.2, -0.15) is 0 Å². The molecule has 3 fully saturated rings. The standard InChI is InChI=1S/C38H52O26/c1-14(40)50-12-25-28(53-17(4)43)30(54-18(5)44)34(57-21(8)47)38(62-25)64-32-27(52-16(3)42)24(11-39)60-37(35(32)58-22(9)48)63-29-26(13-51-15(2)41)61-36(59-23(10)49)33(56-20(7)46)31(29)55-19(6)45/h24-39H,11-13H2,1-10H3/t24-,25-,26-,27+,28+,29-,30+,31+,32+,33+,34-,35-,36+,37+,38+/m1/s1. The first-order valence-electron chi connectivity index (χ1n) is 19.4. The van der Waals surface area contributed by atoms with E-state index >= 15 is 0 Å². The first-order valence-corrected chi connectivity index (χ1v) is 19.4. The van der Waals surface area contributed by atoms with Crippen molar-refractivity contribution in [3.63, 3.8) is 0 Å². The van der Waals surface area contributed by atoms with Gasteiger partial charge >= 0.3 is 59.7 Å². The van der Waals surface area contributed by atoms with E-state index in [1.165, 1.54) is 0 Å². The van der Waals surface area contributed by atoms with Gasteiger partial charge in [0.05, 0.1) is 6.61 Å². The van der Waals surface area contributed by atoms with Gasteiger partial charge in [-0.25, -0.2) is 0 Å². The van der Waals surface area contributed by atoms with Crippen LogP contribution >= 0.6 is 0 Å². The van der Waals surface area contributed by atoms with Crippen LogP contribution in [0.1, 0.15) is 69.2 Å². The van der Waals surface area contributed by atoms with Gasteiger partial charge in [0.25, 0.3) is 0 Å². The molecule has 3 aliphatic rings. The second-order valence-electron chi connectivity index (χ2n) is 14.2. The number of carbonyl (C=O) groups is 10. The van der Waals surface area contributed by atoms with Gasteiger partial charge in [0.15, 0.2) is 49.2 Å². The molecule has 1 N–H and O–H groups in total. The van der Waals surface area contributed by atoms with Crippen molar-refractivity contribution in [3.05, 3.63) is 0 Å². The Labute approximate surface area is 364 Å². The van der Waals surface area contributed by atoms with Gasteiger partial charge in [-0.3, -0.25) is 47.9 Å². The number of rotatable bonds is 17. The topological polar surface area (TPSA) is 329 Å². The molecule has 3 rings (SSSR count). The quantitative estimate of drug-likeness (QED) is 0.123. The average molecular weight is 925 g/mol. The Balaban J connectivity index is 2.30. The maximum atomic E-state index is 12.9. The van der Waals surface area contributed by atoms with Crippen LogP contribution in [0.2, 0.25) is 0 Å². The minimum atomic E-state index is -2.06. The third-order valence-electron chi connectivity index (χ3n) is 8.83. The summed E-state index contributed by atoms with van der Waals surface area (Å²) in [5, 5.41) is 10.7. The molecule has 0 saturated carbocycles. The Bertz CT molecular complexity index is 1730. The molecule has 0 spiro atoms. The lowest BCUT2D eigenvalue weighted by atomic mass is 9.95. The minimum Gasteiger partial charge on any atom is -0.463 e. The molecule has 0 radical (unpaired) electrons. The summed E-state index contributed by atoms with van der Waals surface area (Å²) in [6, 6.07) is 0. The van der Waals surface area contributed by atoms with E-state index in [9.17, 15) is 53.1 Å². The second-order valence-corrected chi connectivity index (χ2v) is 14.2. The molecule has 0 bridgehead atoms. The summed E-state index contributed by atoms with van der Waals surface area (Å²) in [5.41, 5.74) is 0. The van der Waals surface area contributed by atoms with E-state index in [4.69, 9.17) is 71.1 Å². The highest BCUT2D eigenvalue weighted by Crippen LogP contribution is 2.38. The normalized spacial score (nSPS) is 32.3. The van der Waals surface area contributed by atoms with Gasteiger partial charge in [0, 0.05) is 69.2 Å². The highest BCUT2D eigenvalue weighted by molar-refractivity contribution is 5.70. The fourth-order valence-corrected chi connectivity index (χ4v) is 6.83. The summed E-state index contributed by atoms with van der Waals surface area (Å²) in [5.74, 6) is -9.72. The smallest absolute Gasteiger partial charge is 0.305 e. The maximum absolute atomic E-state index is 12.9. The predicted molar refractivity (Wildman–Crippen MR) is 197 cm³/mol. The van der Waals surface area contributed by atoms with Gasteiger partial charge in [0.2, 0.25) is 12.4 Å². The fraction of sp³-hybridized carbons (Fsp3) is 0.737. The van der Waals surface area contributed by atoms with Crippen molar-refractivity contribution in [3.8, 4) is 0 Å².